The van der Waals surface area contributed by atoms with Crippen LogP contribution in [0.4, 0.5) is 5.82 Å². The van der Waals surface area contributed by atoms with Crippen LogP contribution in [-0.2, 0) is 6.54 Å². The highest BCUT2D eigenvalue weighted by Gasteiger charge is 2.17. The highest BCUT2D eigenvalue weighted by Crippen LogP contribution is 2.11. The van der Waals surface area contributed by atoms with Gasteiger partial charge in [0.15, 0.2) is 5.82 Å². The second-order valence-corrected chi connectivity index (χ2v) is 5.83. The smallest absolute Gasteiger partial charge is 0.275 e. The van der Waals surface area contributed by atoms with E-state index in [0.717, 1.165) is 5.56 Å². The fourth-order valence-corrected chi connectivity index (χ4v) is 2.41. The predicted molar refractivity (Wildman–Crippen MR) is 95.7 cm³/mol. The second-order valence-electron chi connectivity index (χ2n) is 5.83. The summed E-state index contributed by atoms with van der Waals surface area (Å²) >= 11 is 0. The molecule has 0 bridgehead atoms. The molecule has 7 heteroatoms. The summed E-state index contributed by atoms with van der Waals surface area (Å²) in [6.07, 6.45) is 0. The van der Waals surface area contributed by atoms with Crippen LogP contribution in [-0.4, -0.2) is 33.9 Å². The highest BCUT2D eigenvalue weighted by atomic mass is 16.5. The Balaban J connectivity index is 1.71. The molecule has 132 valence electrons. The van der Waals surface area contributed by atoms with Gasteiger partial charge in [0.2, 0.25) is 0 Å². The second kappa shape index (κ2) is 7.60. The third kappa shape index (κ3) is 4.13. The molecule has 0 atom stereocenters. The summed E-state index contributed by atoms with van der Waals surface area (Å²) < 4.78 is 4.91. The van der Waals surface area contributed by atoms with E-state index in [1.807, 2.05) is 30.3 Å². The maximum absolute atomic E-state index is 12.6. The number of hydrogen-bond acceptors (Lipinski definition) is 5. The van der Waals surface area contributed by atoms with Crippen molar-refractivity contribution < 1.29 is 14.1 Å². The van der Waals surface area contributed by atoms with Crippen LogP contribution < -0.4 is 5.32 Å². The number of anilines is 1. The molecule has 0 radical (unpaired) electrons. The van der Waals surface area contributed by atoms with Gasteiger partial charge >= 0.3 is 0 Å². The molecule has 0 fully saturated rings. The van der Waals surface area contributed by atoms with Crippen LogP contribution in [0.3, 0.4) is 0 Å². The van der Waals surface area contributed by atoms with Crippen molar-refractivity contribution in [2.45, 2.75) is 13.5 Å². The van der Waals surface area contributed by atoms with Crippen LogP contribution in [0.5, 0.6) is 0 Å². The molecule has 1 aromatic carbocycles. The van der Waals surface area contributed by atoms with Gasteiger partial charge in [-0.05, 0) is 24.6 Å². The molecular weight excluding hydrogens is 332 g/mol. The maximum atomic E-state index is 12.6. The van der Waals surface area contributed by atoms with Gasteiger partial charge in [0.25, 0.3) is 11.8 Å². The molecular formula is C19H18N4O3. The average Bonchev–Trinajstić information content (AvgIpc) is 3.06. The van der Waals surface area contributed by atoms with Crippen molar-refractivity contribution >= 4 is 17.6 Å². The molecule has 0 aliphatic rings. The van der Waals surface area contributed by atoms with Crippen molar-refractivity contribution in [3.05, 3.63) is 77.3 Å². The van der Waals surface area contributed by atoms with Gasteiger partial charge in [0, 0.05) is 19.7 Å². The minimum Gasteiger partial charge on any atom is -0.360 e. The number of amides is 2. The summed E-state index contributed by atoms with van der Waals surface area (Å²) in [5.74, 6) is 0.159. The monoisotopic (exact) mass is 350 g/mol. The average molecular weight is 350 g/mol. The zero-order chi connectivity index (χ0) is 18.5. The van der Waals surface area contributed by atoms with Gasteiger partial charge in [-0.3, -0.25) is 9.59 Å². The first-order valence-corrected chi connectivity index (χ1v) is 8.04. The molecule has 0 aliphatic carbocycles. The van der Waals surface area contributed by atoms with Gasteiger partial charge in [-0.15, -0.1) is 0 Å². The fourth-order valence-electron chi connectivity index (χ4n) is 2.41. The van der Waals surface area contributed by atoms with Gasteiger partial charge in [-0.25, -0.2) is 4.98 Å². The summed E-state index contributed by atoms with van der Waals surface area (Å²) in [6, 6.07) is 16.0. The molecule has 2 amide bonds. The molecule has 0 spiro atoms. The number of aromatic nitrogens is 2. The van der Waals surface area contributed by atoms with Crippen molar-refractivity contribution in [2.24, 2.45) is 0 Å². The van der Waals surface area contributed by atoms with Gasteiger partial charge in [-0.1, -0.05) is 41.6 Å². The molecule has 1 N–H and O–H groups in total. The van der Waals surface area contributed by atoms with E-state index in [-0.39, 0.29) is 17.3 Å². The Labute approximate surface area is 150 Å². The third-order valence-electron chi connectivity index (χ3n) is 3.68. The maximum Gasteiger partial charge on any atom is 0.275 e. The summed E-state index contributed by atoms with van der Waals surface area (Å²) in [6.45, 7) is 2.18. The SMILES string of the molecule is Cc1cc(NC(=O)c2cccc(C(=O)N(C)Cc3ccccc3)n2)no1. The van der Waals surface area contributed by atoms with E-state index >= 15 is 0 Å². The minimum atomic E-state index is -0.460. The predicted octanol–water partition coefficient (Wildman–Crippen LogP) is 2.90. The number of carbonyl (C=O) groups excluding carboxylic acids is 2. The standard InChI is InChI=1S/C19H18N4O3/c1-13-11-17(22-26-13)21-18(24)15-9-6-10-16(20-15)19(25)23(2)12-14-7-4-3-5-8-14/h3-11H,12H2,1-2H3,(H,21,22,24). The van der Waals surface area contributed by atoms with E-state index in [1.165, 1.54) is 6.07 Å². The highest BCUT2D eigenvalue weighted by molar-refractivity contribution is 6.03. The first-order chi connectivity index (χ1) is 12.5. The van der Waals surface area contributed by atoms with Crippen molar-refractivity contribution in [1.82, 2.24) is 15.0 Å². The Morgan fingerprint density at radius 3 is 2.50 bits per heavy atom. The van der Waals surface area contributed by atoms with Crippen molar-refractivity contribution in [3.63, 3.8) is 0 Å². The lowest BCUT2D eigenvalue weighted by Gasteiger charge is -2.17. The van der Waals surface area contributed by atoms with Crippen LogP contribution in [0.15, 0.2) is 59.1 Å². The number of aryl methyl sites for hydroxylation is 1. The van der Waals surface area contributed by atoms with Crippen LogP contribution in [0.2, 0.25) is 0 Å². The topological polar surface area (TPSA) is 88.3 Å². The molecule has 2 aromatic heterocycles. The minimum absolute atomic E-state index is 0.129. The number of rotatable bonds is 5. The number of carbonyl (C=O) groups is 2. The van der Waals surface area contributed by atoms with Crippen LogP contribution in [0.1, 0.15) is 32.3 Å². The number of pyridine rings is 1. The van der Waals surface area contributed by atoms with E-state index < -0.39 is 5.91 Å². The first-order valence-electron chi connectivity index (χ1n) is 8.04. The number of nitrogens with zero attached hydrogens (tertiary/aromatic N) is 3. The van der Waals surface area contributed by atoms with Gasteiger partial charge in [0.05, 0.1) is 0 Å². The number of nitrogens with one attached hydrogen (secondary N) is 1. The van der Waals surface area contributed by atoms with Crippen LogP contribution in [0, 0.1) is 6.92 Å². The van der Waals surface area contributed by atoms with Gasteiger partial charge < -0.3 is 14.7 Å². The van der Waals surface area contributed by atoms with Crippen molar-refractivity contribution in [1.29, 1.82) is 0 Å². The lowest BCUT2D eigenvalue weighted by molar-refractivity contribution is 0.0779. The lowest BCUT2D eigenvalue weighted by Crippen LogP contribution is -2.27. The Morgan fingerprint density at radius 2 is 1.81 bits per heavy atom. The van der Waals surface area contributed by atoms with Gasteiger partial charge in [0.1, 0.15) is 17.1 Å². The van der Waals surface area contributed by atoms with Gasteiger partial charge in [-0.2, -0.15) is 0 Å². The quantitative estimate of drug-likeness (QED) is 0.764. The number of benzene rings is 1. The van der Waals surface area contributed by atoms with E-state index in [9.17, 15) is 9.59 Å². The summed E-state index contributed by atoms with van der Waals surface area (Å²) in [5.41, 5.74) is 1.34. The summed E-state index contributed by atoms with van der Waals surface area (Å²) in [5, 5.41) is 6.29. The zero-order valence-corrected chi connectivity index (χ0v) is 14.5. The Hall–Kier alpha value is -3.48. The van der Waals surface area contributed by atoms with E-state index in [2.05, 4.69) is 15.5 Å². The molecule has 3 rings (SSSR count). The summed E-state index contributed by atoms with van der Waals surface area (Å²) in [7, 11) is 1.70. The van der Waals surface area contributed by atoms with E-state index in [1.54, 1.807) is 37.1 Å². The Bertz CT molecular complexity index is 921. The molecule has 0 saturated carbocycles. The normalized spacial score (nSPS) is 10.4. The molecule has 7 nitrogen and oxygen atoms in total. The summed E-state index contributed by atoms with van der Waals surface area (Å²) in [4.78, 5) is 30.6. The molecule has 0 unspecified atom stereocenters. The van der Waals surface area contributed by atoms with Crippen LogP contribution >= 0.6 is 0 Å². The molecule has 26 heavy (non-hydrogen) atoms. The number of hydrogen-bond donors (Lipinski definition) is 1. The zero-order valence-electron chi connectivity index (χ0n) is 14.5. The third-order valence-corrected chi connectivity index (χ3v) is 3.68. The van der Waals surface area contributed by atoms with Crippen molar-refractivity contribution in [2.75, 3.05) is 12.4 Å². The first kappa shape index (κ1) is 17.3. The lowest BCUT2D eigenvalue weighted by atomic mass is 10.2. The van der Waals surface area contributed by atoms with E-state index in [0.29, 0.717) is 18.1 Å². The van der Waals surface area contributed by atoms with Crippen LogP contribution in [0.25, 0.3) is 0 Å². The molecule has 2 heterocycles. The molecule has 0 saturated heterocycles. The Kier molecular flexibility index (Phi) is 5.07. The Morgan fingerprint density at radius 1 is 1.08 bits per heavy atom. The van der Waals surface area contributed by atoms with Crippen molar-refractivity contribution in [3.8, 4) is 0 Å². The van der Waals surface area contributed by atoms with E-state index in [4.69, 9.17) is 4.52 Å². The fraction of sp³-hybridized carbons (Fsp3) is 0.158. The molecule has 3 aromatic rings. The molecule has 0 aliphatic heterocycles. The largest absolute Gasteiger partial charge is 0.360 e.